The molecule has 1 heterocycles. The monoisotopic (exact) mass is 397 g/mol. The average molecular weight is 397 g/mol. The third kappa shape index (κ3) is 5.37. The first-order valence-corrected chi connectivity index (χ1v) is 9.91. The number of ether oxygens (including phenoxy) is 1. The van der Waals surface area contributed by atoms with Crippen molar-refractivity contribution >= 4 is 5.97 Å². The number of nitrogens with two attached hydrogens (primary N) is 1. The molecule has 1 aromatic heterocycles. The highest BCUT2D eigenvalue weighted by Crippen LogP contribution is 2.29. The van der Waals surface area contributed by atoms with Gasteiger partial charge >= 0.3 is 5.97 Å². The van der Waals surface area contributed by atoms with Gasteiger partial charge in [0.2, 0.25) is 0 Å². The van der Waals surface area contributed by atoms with Crippen LogP contribution in [0.3, 0.4) is 0 Å². The van der Waals surface area contributed by atoms with Crippen LogP contribution in [0.15, 0.2) is 24.3 Å². The number of nitriles is 1. The van der Waals surface area contributed by atoms with Gasteiger partial charge in [-0.3, -0.25) is 4.79 Å². The van der Waals surface area contributed by atoms with Crippen LogP contribution in [0, 0.1) is 23.2 Å². The lowest BCUT2D eigenvalue weighted by molar-refractivity contribution is -0.141. The Morgan fingerprint density at radius 3 is 2.83 bits per heavy atom. The summed E-state index contributed by atoms with van der Waals surface area (Å²) in [6, 6.07) is 9.13. The maximum atomic E-state index is 11.7. The van der Waals surface area contributed by atoms with Gasteiger partial charge < -0.3 is 15.8 Å². The molecule has 0 amide bonds. The molecule has 1 aromatic carbocycles. The molecule has 0 radical (unpaired) electrons. The second-order valence-electron chi connectivity index (χ2n) is 7.48. The first-order chi connectivity index (χ1) is 14.1. The number of carbonyl (C=O) groups is 1. The molecule has 0 saturated heterocycles. The molecule has 0 aliphatic heterocycles. The van der Waals surface area contributed by atoms with Crippen molar-refractivity contribution in [1.82, 2.24) is 25.5 Å². The minimum atomic E-state index is -0.421. The van der Waals surface area contributed by atoms with E-state index in [2.05, 4.69) is 26.9 Å². The number of hydrogen-bond acceptors (Lipinski definition) is 8. The standard InChI is InChI=1S/C20H27N7O2/c1-29-18(28)13-27-20(24-25-26-27)19(17-7-5-14(10-21)6-8-17)23-12-16-4-2-3-15(9-16)11-22/h5-8,15-16,19,23H,2-4,9,11-13,22H2,1H3. The number of rotatable bonds is 8. The number of nitrogens with one attached hydrogen (secondary N) is 1. The van der Waals surface area contributed by atoms with Crippen molar-refractivity contribution in [2.45, 2.75) is 38.3 Å². The number of benzene rings is 1. The number of esters is 1. The van der Waals surface area contributed by atoms with Gasteiger partial charge in [-0.15, -0.1) is 5.10 Å². The van der Waals surface area contributed by atoms with Crippen LogP contribution >= 0.6 is 0 Å². The van der Waals surface area contributed by atoms with Crippen LogP contribution < -0.4 is 11.1 Å². The zero-order valence-corrected chi connectivity index (χ0v) is 16.6. The van der Waals surface area contributed by atoms with Gasteiger partial charge in [0.1, 0.15) is 6.54 Å². The molecule has 3 rings (SSSR count). The number of carbonyl (C=O) groups excluding carboxylic acids is 1. The lowest BCUT2D eigenvalue weighted by atomic mass is 9.81. The summed E-state index contributed by atoms with van der Waals surface area (Å²) in [5, 5.41) is 24.5. The molecule has 3 unspecified atom stereocenters. The number of hydrogen-bond donors (Lipinski definition) is 2. The molecule has 3 atom stereocenters. The highest BCUT2D eigenvalue weighted by atomic mass is 16.5. The highest BCUT2D eigenvalue weighted by Gasteiger charge is 2.26. The Bertz CT molecular complexity index is 843. The normalized spacial score (nSPS) is 20.0. The SMILES string of the molecule is COC(=O)Cn1nnnc1C(NCC1CCCC(CN)C1)c1ccc(C#N)cc1. The third-order valence-corrected chi connectivity index (χ3v) is 5.53. The van der Waals surface area contributed by atoms with Gasteiger partial charge in [0.25, 0.3) is 0 Å². The Morgan fingerprint density at radius 2 is 2.14 bits per heavy atom. The molecule has 29 heavy (non-hydrogen) atoms. The molecular weight excluding hydrogens is 370 g/mol. The van der Waals surface area contributed by atoms with E-state index in [0.717, 1.165) is 31.5 Å². The fourth-order valence-corrected chi connectivity index (χ4v) is 3.91. The molecular formula is C20H27N7O2. The second-order valence-corrected chi connectivity index (χ2v) is 7.48. The second kappa shape index (κ2) is 10.1. The van der Waals surface area contributed by atoms with E-state index < -0.39 is 5.97 Å². The van der Waals surface area contributed by atoms with Crippen molar-refractivity contribution in [1.29, 1.82) is 5.26 Å². The Labute approximate surface area is 170 Å². The van der Waals surface area contributed by atoms with Crippen LogP contribution in [-0.4, -0.2) is 46.4 Å². The Balaban J connectivity index is 1.81. The smallest absolute Gasteiger partial charge is 0.327 e. The quantitative estimate of drug-likeness (QED) is 0.634. The van der Waals surface area contributed by atoms with E-state index in [9.17, 15) is 4.79 Å². The van der Waals surface area contributed by atoms with Gasteiger partial charge in [0, 0.05) is 0 Å². The van der Waals surface area contributed by atoms with Crippen molar-refractivity contribution in [2.24, 2.45) is 17.6 Å². The predicted molar refractivity (Wildman–Crippen MR) is 105 cm³/mol. The van der Waals surface area contributed by atoms with E-state index in [1.807, 2.05) is 12.1 Å². The van der Waals surface area contributed by atoms with Crippen LogP contribution in [0.2, 0.25) is 0 Å². The summed E-state index contributed by atoms with van der Waals surface area (Å²) < 4.78 is 6.20. The molecule has 154 valence electrons. The first-order valence-electron chi connectivity index (χ1n) is 9.91. The number of nitrogens with zero attached hydrogens (tertiary/aromatic N) is 5. The van der Waals surface area contributed by atoms with E-state index in [1.54, 1.807) is 12.1 Å². The predicted octanol–water partition coefficient (Wildman–Crippen LogP) is 1.16. The lowest BCUT2D eigenvalue weighted by Gasteiger charge is -2.30. The van der Waals surface area contributed by atoms with Crippen LogP contribution in [-0.2, 0) is 16.1 Å². The van der Waals surface area contributed by atoms with E-state index in [0.29, 0.717) is 23.2 Å². The topological polar surface area (TPSA) is 132 Å². The number of methoxy groups -OCH3 is 1. The molecule has 1 saturated carbocycles. The molecule has 0 spiro atoms. The van der Waals surface area contributed by atoms with Gasteiger partial charge in [-0.2, -0.15) is 5.26 Å². The Hall–Kier alpha value is -2.83. The molecule has 0 bridgehead atoms. The number of tetrazole rings is 1. The molecule has 3 N–H and O–H groups in total. The van der Waals surface area contributed by atoms with Crippen molar-refractivity contribution in [3.8, 4) is 6.07 Å². The van der Waals surface area contributed by atoms with Crippen LogP contribution in [0.1, 0.15) is 48.7 Å². The lowest BCUT2D eigenvalue weighted by Crippen LogP contribution is -2.34. The zero-order valence-electron chi connectivity index (χ0n) is 16.6. The first kappa shape index (κ1) is 20.9. The van der Waals surface area contributed by atoms with Crippen molar-refractivity contribution in [3.05, 3.63) is 41.2 Å². The molecule has 9 heteroatoms. The van der Waals surface area contributed by atoms with Crippen molar-refractivity contribution in [3.63, 3.8) is 0 Å². The summed E-state index contributed by atoms with van der Waals surface area (Å²) in [6.07, 6.45) is 4.66. The summed E-state index contributed by atoms with van der Waals surface area (Å²) in [4.78, 5) is 11.7. The van der Waals surface area contributed by atoms with Crippen LogP contribution in [0.5, 0.6) is 0 Å². The van der Waals surface area contributed by atoms with Crippen molar-refractivity contribution in [2.75, 3.05) is 20.2 Å². The summed E-state index contributed by atoms with van der Waals surface area (Å²) in [5.74, 6) is 1.22. The average Bonchev–Trinajstić information content (AvgIpc) is 3.22. The number of aromatic nitrogens is 4. The largest absolute Gasteiger partial charge is 0.468 e. The van der Waals surface area contributed by atoms with Crippen LogP contribution in [0.25, 0.3) is 0 Å². The minimum Gasteiger partial charge on any atom is -0.468 e. The fraction of sp³-hybridized carbons (Fsp3) is 0.550. The van der Waals surface area contributed by atoms with E-state index >= 15 is 0 Å². The van der Waals surface area contributed by atoms with Gasteiger partial charge in [0.15, 0.2) is 5.82 Å². The fourth-order valence-electron chi connectivity index (χ4n) is 3.91. The van der Waals surface area contributed by atoms with Crippen LogP contribution in [0.4, 0.5) is 0 Å². The maximum Gasteiger partial charge on any atom is 0.327 e. The summed E-state index contributed by atoms with van der Waals surface area (Å²) in [6.45, 7) is 1.46. The highest BCUT2D eigenvalue weighted by molar-refractivity contribution is 5.68. The molecule has 2 aromatic rings. The molecule has 1 aliphatic carbocycles. The Morgan fingerprint density at radius 1 is 1.38 bits per heavy atom. The third-order valence-electron chi connectivity index (χ3n) is 5.53. The van der Waals surface area contributed by atoms with E-state index in [4.69, 9.17) is 15.7 Å². The summed E-state index contributed by atoms with van der Waals surface area (Å²) in [5.41, 5.74) is 7.39. The maximum absolute atomic E-state index is 11.7. The molecule has 9 nitrogen and oxygen atoms in total. The van der Waals surface area contributed by atoms with E-state index in [1.165, 1.54) is 24.6 Å². The Kier molecular flexibility index (Phi) is 7.27. The van der Waals surface area contributed by atoms with Gasteiger partial charge in [0.05, 0.1) is 24.8 Å². The van der Waals surface area contributed by atoms with Crippen molar-refractivity contribution < 1.29 is 9.53 Å². The van der Waals surface area contributed by atoms with Gasteiger partial charge in [-0.05, 0) is 72.3 Å². The molecule has 1 aliphatic rings. The zero-order chi connectivity index (χ0) is 20.6. The minimum absolute atomic E-state index is 0.0635. The summed E-state index contributed by atoms with van der Waals surface area (Å²) in [7, 11) is 1.33. The molecule has 1 fully saturated rings. The van der Waals surface area contributed by atoms with Gasteiger partial charge in [-0.25, -0.2) is 4.68 Å². The van der Waals surface area contributed by atoms with E-state index in [-0.39, 0.29) is 12.6 Å². The van der Waals surface area contributed by atoms with Gasteiger partial charge in [-0.1, -0.05) is 18.6 Å². The summed E-state index contributed by atoms with van der Waals surface area (Å²) >= 11 is 0.